The molecule has 1 aromatic rings. The lowest BCUT2D eigenvalue weighted by molar-refractivity contribution is -0.139. The number of rotatable bonds is 3. The van der Waals surface area contributed by atoms with Gasteiger partial charge in [0.25, 0.3) is 0 Å². The van der Waals surface area contributed by atoms with Crippen molar-refractivity contribution in [2.24, 2.45) is 11.3 Å². The molecule has 0 N–H and O–H groups in total. The summed E-state index contributed by atoms with van der Waals surface area (Å²) < 4.78 is 2.19. The van der Waals surface area contributed by atoms with Crippen LogP contribution in [0.2, 0.25) is 0 Å². The Morgan fingerprint density at radius 3 is 3.00 bits per heavy atom. The van der Waals surface area contributed by atoms with Gasteiger partial charge in [-0.2, -0.15) is 5.26 Å². The number of aryl methyl sites for hydroxylation is 1. The zero-order valence-electron chi connectivity index (χ0n) is 13.3. The van der Waals surface area contributed by atoms with Crippen molar-refractivity contribution in [3.8, 4) is 6.07 Å². The SMILES string of the molecule is CN(C[C@H]1CCn2ccnc2C1)C(=O)C1(C#N)CCCCC1. The molecule has 0 saturated heterocycles. The van der Waals surface area contributed by atoms with Crippen LogP contribution in [0.4, 0.5) is 0 Å². The van der Waals surface area contributed by atoms with Crippen LogP contribution in [0.5, 0.6) is 0 Å². The third-order valence-electron chi connectivity index (χ3n) is 5.26. The molecule has 1 aliphatic carbocycles. The number of hydrogen-bond donors (Lipinski definition) is 0. The Hall–Kier alpha value is -1.83. The molecule has 1 aromatic heterocycles. The van der Waals surface area contributed by atoms with Gasteiger partial charge in [0.1, 0.15) is 11.2 Å². The molecule has 2 aliphatic rings. The van der Waals surface area contributed by atoms with E-state index in [1.807, 2.05) is 19.4 Å². The van der Waals surface area contributed by atoms with Crippen molar-refractivity contribution in [3.05, 3.63) is 18.2 Å². The molecular weight excluding hydrogens is 276 g/mol. The molecule has 0 bridgehead atoms. The molecule has 1 saturated carbocycles. The Bertz CT molecular complexity index is 580. The van der Waals surface area contributed by atoms with Crippen LogP contribution in [-0.4, -0.2) is 34.0 Å². The molecule has 1 fully saturated rings. The highest BCUT2D eigenvalue weighted by atomic mass is 16.2. The molecule has 1 aliphatic heterocycles. The summed E-state index contributed by atoms with van der Waals surface area (Å²) in [4.78, 5) is 19.0. The van der Waals surface area contributed by atoms with Crippen molar-refractivity contribution in [3.63, 3.8) is 0 Å². The molecule has 5 heteroatoms. The normalized spacial score (nSPS) is 23.4. The van der Waals surface area contributed by atoms with Crippen molar-refractivity contribution in [2.45, 2.75) is 51.5 Å². The highest BCUT2D eigenvalue weighted by Gasteiger charge is 2.42. The van der Waals surface area contributed by atoms with Crippen LogP contribution in [0.25, 0.3) is 0 Å². The number of hydrogen-bond acceptors (Lipinski definition) is 3. The minimum absolute atomic E-state index is 0.0311. The van der Waals surface area contributed by atoms with Crippen LogP contribution >= 0.6 is 0 Å². The lowest BCUT2D eigenvalue weighted by Crippen LogP contribution is -2.45. The maximum Gasteiger partial charge on any atom is 0.242 e. The molecule has 118 valence electrons. The third-order valence-corrected chi connectivity index (χ3v) is 5.26. The quantitative estimate of drug-likeness (QED) is 0.861. The average Bonchev–Trinajstić information content (AvgIpc) is 3.02. The fourth-order valence-electron chi connectivity index (χ4n) is 3.94. The molecule has 5 nitrogen and oxygen atoms in total. The largest absolute Gasteiger partial charge is 0.344 e. The summed E-state index contributed by atoms with van der Waals surface area (Å²) in [5, 5.41) is 9.56. The Morgan fingerprint density at radius 1 is 1.50 bits per heavy atom. The minimum atomic E-state index is -0.764. The standard InChI is InChI=1S/C17H24N4O/c1-20(16(22)17(13-18)6-3-2-4-7-17)12-14-5-9-21-10-8-19-15(21)11-14/h8,10,14H,2-7,9,11-12H2,1H3/t14-/m0/s1. The number of carbonyl (C=O) groups is 1. The summed E-state index contributed by atoms with van der Waals surface area (Å²) in [5.41, 5.74) is -0.764. The molecule has 3 rings (SSSR count). The van der Waals surface area contributed by atoms with E-state index in [1.54, 1.807) is 4.90 Å². The van der Waals surface area contributed by atoms with Gasteiger partial charge in [0, 0.05) is 39.0 Å². The van der Waals surface area contributed by atoms with Crippen LogP contribution in [0.15, 0.2) is 12.4 Å². The van der Waals surface area contributed by atoms with Crippen LogP contribution < -0.4 is 0 Å². The van der Waals surface area contributed by atoms with Crippen LogP contribution in [0.1, 0.15) is 44.3 Å². The first-order valence-corrected chi connectivity index (χ1v) is 8.31. The van der Waals surface area contributed by atoms with E-state index in [9.17, 15) is 10.1 Å². The summed E-state index contributed by atoms with van der Waals surface area (Å²) in [7, 11) is 1.86. The summed E-state index contributed by atoms with van der Waals surface area (Å²) >= 11 is 0. The van der Waals surface area contributed by atoms with E-state index in [0.29, 0.717) is 5.92 Å². The van der Waals surface area contributed by atoms with E-state index in [4.69, 9.17) is 0 Å². The van der Waals surface area contributed by atoms with Crippen LogP contribution in [0, 0.1) is 22.7 Å². The molecule has 0 spiro atoms. The maximum atomic E-state index is 12.8. The maximum absolute atomic E-state index is 12.8. The molecule has 1 atom stereocenters. The minimum Gasteiger partial charge on any atom is -0.344 e. The Balaban J connectivity index is 1.63. The van der Waals surface area contributed by atoms with Gasteiger partial charge < -0.3 is 9.47 Å². The van der Waals surface area contributed by atoms with Crippen LogP contribution in [0.3, 0.4) is 0 Å². The highest BCUT2D eigenvalue weighted by molar-refractivity contribution is 5.85. The molecular formula is C17H24N4O. The number of nitriles is 1. The number of nitrogens with zero attached hydrogens (tertiary/aromatic N) is 4. The Kier molecular flexibility index (Phi) is 4.19. The first-order chi connectivity index (χ1) is 10.6. The van der Waals surface area contributed by atoms with Crippen molar-refractivity contribution in [1.29, 1.82) is 5.26 Å². The topological polar surface area (TPSA) is 61.9 Å². The monoisotopic (exact) mass is 300 g/mol. The van der Waals surface area contributed by atoms with Gasteiger partial charge in [-0.15, -0.1) is 0 Å². The van der Waals surface area contributed by atoms with E-state index in [0.717, 1.165) is 63.9 Å². The Labute approximate surface area is 131 Å². The summed E-state index contributed by atoms with van der Waals surface area (Å²) in [5.74, 6) is 1.59. The molecule has 22 heavy (non-hydrogen) atoms. The van der Waals surface area contributed by atoms with E-state index in [2.05, 4.69) is 15.6 Å². The zero-order chi connectivity index (χ0) is 15.6. The Morgan fingerprint density at radius 2 is 2.27 bits per heavy atom. The van der Waals surface area contributed by atoms with Gasteiger partial charge in [0.05, 0.1) is 6.07 Å². The summed E-state index contributed by atoms with van der Waals surface area (Å²) in [6.45, 7) is 1.71. The van der Waals surface area contributed by atoms with Crippen molar-refractivity contribution in [2.75, 3.05) is 13.6 Å². The number of carbonyl (C=O) groups excluding carboxylic acids is 1. The third kappa shape index (κ3) is 2.75. The molecule has 0 aromatic carbocycles. The van der Waals surface area contributed by atoms with E-state index < -0.39 is 5.41 Å². The summed E-state index contributed by atoms with van der Waals surface area (Å²) in [6.07, 6.45) is 10.4. The second kappa shape index (κ2) is 6.12. The van der Waals surface area contributed by atoms with Crippen molar-refractivity contribution < 1.29 is 4.79 Å². The molecule has 1 amide bonds. The second-order valence-electron chi connectivity index (χ2n) is 6.84. The second-order valence-corrected chi connectivity index (χ2v) is 6.84. The highest BCUT2D eigenvalue weighted by Crippen LogP contribution is 2.37. The van der Waals surface area contributed by atoms with Gasteiger partial charge in [-0.05, 0) is 25.2 Å². The van der Waals surface area contributed by atoms with Gasteiger partial charge in [0.2, 0.25) is 5.91 Å². The van der Waals surface area contributed by atoms with Crippen molar-refractivity contribution in [1.82, 2.24) is 14.5 Å². The number of amides is 1. The summed E-state index contributed by atoms with van der Waals surface area (Å²) in [6, 6.07) is 2.34. The van der Waals surface area contributed by atoms with E-state index in [1.165, 1.54) is 0 Å². The van der Waals surface area contributed by atoms with E-state index >= 15 is 0 Å². The van der Waals surface area contributed by atoms with Crippen LogP contribution in [-0.2, 0) is 17.8 Å². The predicted octanol–water partition coefficient (Wildman–Crippen LogP) is 2.38. The van der Waals surface area contributed by atoms with Crippen molar-refractivity contribution >= 4 is 5.91 Å². The van der Waals surface area contributed by atoms with Gasteiger partial charge in [-0.1, -0.05) is 19.3 Å². The van der Waals surface area contributed by atoms with Gasteiger partial charge in [-0.3, -0.25) is 4.79 Å². The first kappa shape index (κ1) is 15.1. The number of aromatic nitrogens is 2. The lowest BCUT2D eigenvalue weighted by Gasteiger charge is -2.35. The van der Waals surface area contributed by atoms with E-state index in [-0.39, 0.29) is 5.91 Å². The molecule has 2 heterocycles. The van der Waals surface area contributed by atoms with Gasteiger partial charge >= 0.3 is 0 Å². The number of imidazole rings is 1. The average molecular weight is 300 g/mol. The predicted molar refractivity (Wildman–Crippen MR) is 82.8 cm³/mol. The zero-order valence-corrected chi connectivity index (χ0v) is 13.3. The fraction of sp³-hybridized carbons (Fsp3) is 0.706. The first-order valence-electron chi connectivity index (χ1n) is 8.31. The molecule has 0 radical (unpaired) electrons. The van der Waals surface area contributed by atoms with Gasteiger partial charge in [0.15, 0.2) is 0 Å². The lowest BCUT2D eigenvalue weighted by atomic mass is 9.74. The van der Waals surface area contributed by atoms with Gasteiger partial charge in [-0.25, -0.2) is 4.98 Å². The number of fused-ring (bicyclic) bond motifs is 1. The fourth-order valence-corrected chi connectivity index (χ4v) is 3.94. The molecule has 0 unspecified atom stereocenters. The smallest absolute Gasteiger partial charge is 0.242 e.